The van der Waals surface area contributed by atoms with Gasteiger partial charge in [-0.1, -0.05) is 49.4 Å². The third-order valence-corrected chi connectivity index (χ3v) is 4.31. The van der Waals surface area contributed by atoms with Crippen molar-refractivity contribution < 1.29 is 9.90 Å². The molecule has 2 aromatic rings. The summed E-state index contributed by atoms with van der Waals surface area (Å²) in [7, 11) is 0. The van der Waals surface area contributed by atoms with Gasteiger partial charge in [0.15, 0.2) is 0 Å². The Bertz CT molecular complexity index is 693. The standard InChI is InChI=1S/C18H19NO2/c1-2-12-13-5-3-4-6-14(13)15-8-7-11(9-16(12)15)17(19)10-18(20)21/h3-9,12,17H,2,10,19H2,1H3,(H,20,21). The summed E-state index contributed by atoms with van der Waals surface area (Å²) >= 11 is 0. The van der Waals surface area contributed by atoms with Crippen molar-refractivity contribution in [2.45, 2.75) is 31.7 Å². The molecule has 0 radical (unpaired) electrons. The lowest BCUT2D eigenvalue weighted by molar-refractivity contribution is -0.137. The Morgan fingerprint density at radius 2 is 1.90 bits per heavy atom. The number of carboxylic acids is 1. The molecular formula is C18H19NO2. The van der Waals surface area contributed by atoms with E-state index in [0.29, 0.717) is 5.92 Å². The van der Waals surface area contributed by atoms with Gasteiger partial charge in [-0.05, 0) is 34.2 Å². The minimum atomic E-state index is -0.863. The SMILES string of the molecule is CCC1c2ccccc2-c2ccc(C(N)CC(=O)O)cc21. The summed E-state index contributed by atoms with van der Waals surface area (Å²) in [5.41, 5.74) is 12.1. The first-order valence-electron chi connectivity index (χ1n) is 7.32. The molecule has 0 fully saturated rings. The van der Waals surface area contributed by atoms with Crippen LogP contribution in [0.5, 0.6) is 0 Å². The highest BCUT2D eigenvalue weighted by Gasteiger charge is 2.27. The second kappa shape index (κ2) is 5.34. The van der Waals surface area contributed by atoms with Crippen molar-refractivity contribution in [3.05, 3.63) is 59.2 Å². The van der Waals surface area contributed by atoms with Crippen molar-refractivity contribution in [2.75, 3.05) is 0 Å². The van der Waals surface area contributed by atoms with Gasteiger partial charge in [0.25, 0.3) is 0 Å². The maximum atomic E-state index is 10.8. The number of fused-ring (bicyclic) bond motifs is 3. The molecule has 0 bridgehead atoms. The summed E-state index contributed by atoms with van der Waals surface area (Å²) < 4.78 is 0. The van der Waals surface area contributed by atoms with Crippen molar-refractivity contribution in [1.82, 2.24) is 0 Å². The Morgan fingerprint density at radius 3 is 2.62 bits per heavy atom. The number of rotatable bonds is 4. The molecule has 0 aliphatic heterocycles. The molecule has 0 spiro atoms. The fraction of sp³-hybridized carbons (Fsp3) is 0.278. The van der Waals surface area contributed by atoms with Crippen molar-refractivity contribution >= 4 is 5.97 Å². The van der Waals surface area contributed by atoms with Crippen molar-refractivity contribution in [3.63, 3.8) is 0 Å². The zero-order chi connectivity index (χ0) is 15.0. The van der Waals surface area contributed by atoms with Gasteiger partial charge in [-0.15, -0.1) is 0 Å². The van der Waals surface area contributed by atoms with Gasteiger partial charge < -0.3 is 10.8 Å². The van der Waals surface area contributed by atoms with E-state index in [9.17, 15) is 4.79 Å². The number of carboxylic acid groups (broad SMARTS) is 1. The first-order chi connectivity index (χ1) is 10.1. The van der Waals surface area contributed by atoms with E-state index in [0.717, 1.165) is 12.0 Å². The van der Waals surface area contributed by atoms with Crippen LogP contribution in [0.1, 0.15) is 48.4 Å². The van der Waals surface area contributed by atoms with Crippen LogP contribution < -0.4 is 5.73 Å². The maximum Gasteiger partial charge on any atom is 0.305 e. The van der Waals surface area contributed by atoms with E-state index in [4.69, 9.17) is 10.8 Å². The highest BCUT2D eigenvalue weighted by atomic mass is 16.4. The first kappa shape index (κ1) is 13.8. The lowest BCUT2D eigenvalue weighted by Gasteiger charge is -2.14. The molecule has 0 aromatic heterocycles. The van der Waals surface area contributed by atoms with Crippen molar-refractivity contribution in [1.29, 1.82) is 0 Å². The van der Waals surface area contributed by atoms with Crippen LogP contribution in [0.25, 0.3) is 11.1 Å². The molecule has 0 heterocycles. The van der Waals surface area contributed by atoms with E-state index < -0.39 is 12.0 Å². The smallest absolute Gasteiger partial charge is 0.305 e. The number of carbonyl (C=O) groups is 1. The van der Waals surface area contributed by atoms with E-state index in [-0.39, 0.29) is 6.42 Å². The molecule has 1 aliphatic rings. The molecule has 0 saturated carbocycles. The molecule has 2 aromatic carbocycles. The first-order valence-corrected chi connectivity index (χ1v) is 7.32. The number of benzene rings is 2. The fourth-order valence-electron chi connectivity index (χ4n) is 3.30. The molecule has 3 rings (SSSR count). The summed E-state index contributed by atoms with van der Waals surface area (Å²) in [6, 6.07) is 14.2. The summed E-state index contributed by atoms with van der Waals surface area (Å²) in [4.78, 5) is 10.8. The van der Waals surface area contributed by atoms with E-state index in [2.05, 4.69) is 43.3 Å². The topological polar surface area (TPSA) is 63.3 Å². The molecular weight excluding hydrogens is 262 g/mol. The van der Waals surface area contributed by atoms with Gasteiger partial charge in [-0.2, -0.15) is 0 Å². The molecule has 108 valence electrons. The number of hydrogen-bond donors (Lipinski definition) is 2. The number of hydrogen-bond acceptors (Lipinski definition) is 2. The molecule has 3 N–H and O–H groups in total. The summed E-state index contributed by atoms with van der Waals surface area (Å²) in [5, 5.41) is 8.90. The Labute approximate surface area is 124 Å². The van der Waals surface area contributed by atoms with E-state index in [1.807, 2.05) is 6.07 Å². The second-order valence-corrected chi connectivity index (χ2v) is 5.60. The second-order valence-electron chi connectivity index (χ2n) is 5.60. The number of nitrogens with two attached hydrogens (primary N) is 1. The largest absolute Gasteiger partial charge is 0.481 e. The zero-order valence-corrected chi connectivity index (χ0v) is 12.0. The lowest BCUT2D eigenvalue weighted by atomic mass is 9.92. The predicted molar refractivity (Wildman–Crippen MR) is 83.2 cm³/mol. The Balaban J connectivity index is 2.04. The van der Waals surface area contributed by atoms with Crippen molar-refractivity contribution in [3.8, 4) is 11.1 Å². The van der Waals surface area contributed by atoms with Gasteiger partial charge in [-0.3, -0.25) is 4.79 Å². The quantitative estimate of drug-likeness (QED) is 0.898. The number of aliphatic carboxylic acids is 1. The average Bonchev–Trinajstić information content (AvgIpc) is 2.79. The Morgan fingerprint density at radius 1 is 1.19 bits per heavy atom. The van der Waals surface area contributed by atoms with Crippen LogP contribution in [0.4, 0.5) is 0 Å². The minimum Gasteiger partial charge on any atom is -0.481 e. The molecule has 3 nitrogen and oxygen atoms in total. The van der Waals surface area contributed by atoms with Crippen LogP contribution in [-0.4, -0.2) is 11.1 Å². The fourth-order valence-corrected chi connectivity index (χ4v) is 3.30. The Kier molecular flexibility index (Phi) is 3.52. The molecule has 3 heteroatoms. The average molecular weight is 281 g/mol. The Hall–Kier alpha value is -2.13. The van der Waals surface area contributed by atoms with E-state index in [1.165, 1.54) is 22.3 Å². The predicted octanol–water partition coefficient (Wildman–Crippen LogP) is 3.68. The van der Waals surface area contributed by atoms with Crippen LogP contribution in [0.15, 0.2) is 42.5 Å². The van der Waals surface area contributed by atoms with Gasteiger partial charge in [0.05, 0.1) is 6.42 Å². The third-order valence-electron chi connectivity index (χ3n) is 4.31. The zero-order valence-electron chi connectivity index (χ0n) is 12.0. The van der Waals surface area contributed by atoms with Crippen LogP contribution in [0.3, 0.4) is 0 Å². The molecule has 0 saturated heterocycles. The summed E-state index contributed by atoms with van der Waals surface area (Å²) in [5.74, 6) is -0.480. The van der Waals surface area contributed by atoms with Gasteiger partial charge in [-0.25, -0.2) is 0 Å². The van der Waals surface area contributed by atoms with Gasteiger partial charge in [0, 0.05) is 12.0 Å². The monoisotopic (exact) mass is 281 g/mol. The summed E-state index contributed by atoms with van der Waals surface area (Å²) in [6.07, 6.45) is 0.990. The third kappa shape index (κ3) is 2.34. The van der Waals surface area contributed by atoms with Gasteiger partial charge >= 0.3 is 5.97 Å². The normalized spacial score (nSPS) is 17.1. The highest BCUT2D eigenvalue weighted by Crippen LogP contribution is 2.46. The van der Waals surface area contributed by atoms with Crippen molar-refractivity contribution in [2.24, 2.45) is 5.73 Å². The van der Waals surface area contributed by atoms with E-state index >= 15 is 0 Å². The molecule has 0 amide bonds. The van der Waals surface area contributed by atoms with Gasteiger partial charge in [0.2, 0.25) is 0 Å². The molecule has 21 heavy (non-hydrogen) atoms. The van der Waals surface area contributed by atoms with E-state index in [1.54, 1.807) is 0 Å². The highest BCUT2D eigenvalue weighted by molar-refractivity contribution is 5.79. The van der Waals surface area contributed by atoms with Crippen LogP contribution >= 0.6 is 0 Å². The maximum absolute atomic E-state index is 10.8. The lowest BCUT2D eigenvalue weighted by Crippen LogP contribution is -2.15. The molecule has 1 aliphatic carbocycles. The van der Waals surface area contributed by atoms with Gasteiger partial charge in [0.1, 0.15) is 0 Å². The molecule has 2 atom stereocenters. The minimum absolute atomic E-state index is 0.0392. The van der Waals surface area contributed by atoms with Crippen LogP contribution in [-0.2, 0) is 4.79 Å². The van der Waals surface area contributed by atoms with Crippen LogP contribution in [0.2, 0.25) is 0 Å². The molecule has 2 unspecified atom stereocenters. The summed E-state index contributed by atoms with van der Waals surface area (Å²) in [6.45, 7) is 2.18. The van der Waals surface area contributed by atoms with Crippen LogP contribution in [0, 0.1) is 0 Å².